The number of nitrogens with zero attached hydrogens (tertiary/aromatic N) is 4. The minimum Gasteiger partial charge on any atom is -0.478 e. The molecule has 1 saturated heterocycles. The quantitative estimate of drug-likeness (QED) is 0.263. The molecule has 1 aromatic heterocycles. The second-order valence-corrected chi connectivity index (χ2v) is 12.3. The topological polar surface area (TPSA) is 105 Å². The number of aromatic nitrogens is 2. The minimum atomic E-state index is -4.62. The van der Waals surface area contributed by atoms with Crippen LogP contribution >= 0.6 is 11.6 Å². The molecule has 6 rings (SSSR count). The van der Waals surface area contributed by atoms with Crippen LogP contribution in [0.2, 0.25) is 5.02 Å². The van der Waals surface area contributed by atoms with Gasteiger partial charge in [-0.15, -0.1) is 0 Å². The third kappa shape index (κ3) is 5.32. The lowest BCUT2D eigenvalue weighted by Gasteiger charge is -2.27. The molecule has 13 heteroatoms. The van der Waals surface area contributed by atoms with Gasteiger partial charge in [0.15, 0.2) is 0 Å². The molecule has 8 nitrogen and oxygen atoms in total. The molecule has 3 aliphatic rings. The molecule has 0 radical (unpaired) electrons. The molecule has 2 fully saturated rings. The molecule has 2 heterocycles. The Kier molecular flexibility index (Phi) is 7.83. The second kappa shape index (κ2) is 11.4. The van der Waals surface area contributed by atoms with E-state index in [1.54, 1.807) is 11.9 Å². The van der Waals surface area contributed by atoms with Crippen LogP contribution in [0.25, 0.3) is 11.3 Å². The van der Waals surface area contributed by atoms with E-state index in [0.29, 0.717) is 25.1 Å². The van der Waals surface area contributed by atoms with Gasteiger partial charge in [0.1, 0.15) is 5.82 Å². The van der Waals surface area contributed by atoms with E-state index in [4.69, 9.17) is 11.6 Å². The van der Waals surface area contributed by atoms with Crippen LogP contribution in [-0.2, 0) is 23.1 Å². The number of aliphatic imine (C=N–C) groups is 1. The number of likely N-dealkylation sites (tertiary alicyclic amines) is 1. The zero-order valence-corrected chi connectivity index (χ0v) is 25.0. The summed E-state index contributed by atoms with van der Waals surface area (Å²) in [5.41, 5.74) is -2.35. The maximum atomic E-state index is 15.3. The van der Waals surface area contributed by atoms with Crippen molar-refractivity contribution >= 4 is 35.6 Å². The van der Waals surface area contributed by atoms with Crippen LogP contribution in [0, 0.1) is 17.7 Å². The number of fused-ring (bicyclic) bond motifs is 1. The Labute approximate surface area is 260 Å². The van der Waals surface area contributed by atoms with Gasteiger partial charge in [0.2, 0.25) is 5.91 Å². The highest BCUT2D eigenvalue weighted by atomic mass is 35.5. The molecule has 45 heavy (non-hydrogen) atoms. The first-order chi connectivity index (χ1) is 21.4. The number of rotatable bonds is 6. The van der Waals surface area contributed by atoms with Crippen LogP contribution in [0.5, 0.6) is 0 Å². The van der Waals surface area contributed by atoms with Gasteiger partial charge in [-0.25, -0.2) is 9.18 Å². The van der Waals surface area contributed by atoms with Crippen molar-refractivity contribution in [2.24, 2.45) is 16.8 Å². The largest absolute Gasteiger partial charge is 0.478 e. The molecule has 1 amide bonds. The summed E-state index contributed by atoms with van der Waals surface area (Å²) in [6.45, 7) is 1.05. The molecule has 1 aliphatic heterocycles. The minimum absolute atomic E-state index is 0.0506. The van der Waals surface area contributed by atoms with Gasteiger partial charge in [-0.3, -0.25) is 9.59 Å². The van der Waals surface area contributed by atoms with Gasteiger partial charge in [0.25, 0.3) is 5.91 Å². The van der Waals surface area contributed by atoms with E-state index >= 15 is 4.39 Å². The average molecular weight is 645 g/mol. The van der Waals surface area contributed by atoms with E-state index < -0.39 is 35.2 Å². The summed E-state index contributed by atoms with van der Waals surface area (Å²) < 4.78 is 59.0. The first kappa shape index (κ1) is 30.9. The summed E-state index contributed by atoms with van der Waals surface area (Å²) >= 11 is 6.43. The van der Waals surface area contributed by atoms with E-state index in [-0.39, 0.29) is 76.2 Å². The maximum Gasteiger partial charge on any atom is 0.398 e. The lowest BCUT2D eigenvalue weighted by atomic mass is 9.84. The molecule has 3 aromatic rings. The van der Waals surface area contributed by atoms with Crippen LogP contribution in [0.1, 0.15) is 63.2 Å². The highest BCUT2D eigenvalue weighted by molar-refractivity contribution is 6.34. The molecule has 1 unspecified atom stereocenters. The Morgan fingerprint density at radius 3 is 2.56 bits per heavy atom. The molecule has 1 N–H and O–H groups in total. The fourth-order valence-corrected chi connectivity index (χ4v) is 6.96. The van der Waals surface area contributed by atoms with E-state index in [1.807, 2.05) is 6.21 Å². The van der Waals surface area contributed by atoms with Crippen molar-refractivity contribution in [2.45, 2.75) is 50.1 Å². The van der Waals surface area contributed by atoms with Gasteiger partial charge >= 0.3 is 12.1 Å². The zero-order valence-electron chi connectivity index (χ0n) is 24.2. The smallest absolute Gasteiger partial charge is 0.398 e. The summed E-state index contributed by atoms with van der Waals surface area (Å²) in [6, 6.07) is 7.24. The van der Waals surface area contributed by atoms with Crippen molar-refractivity contribution in [2.75, 3.05) is 20.1 Å². The highest BCUT2D eigenvalue weighted by Gasteiger charge is 2.65. The molecule has 1 saturated carbocycles. The molecule has 0 spiro atoms. The molecular formula is C32H29ClF4N4O4. The Bertz CT molecular complexity index is 1750. The Morgan fingerprint density at radius 2 is 1.91 bits per heavy atom. The van der Waals surface area contributed by atoms with Gasteiger partial charge in [-0.2, -0.15) is 23.0 Å². The highest BCUT2D eigenvalue weighted by Crippen LogP contribution is 2.60. The van der Waals surface area contributed by atoms with Crippen LogP contribution in [-0.4, -0.2) is 70.1 Å². The van der Waals surface area contributed by atoms with Gasteiger partial charge in [-0.1, -0.05) is 23.7 Å². The number of carbonyl (C=O) groups is 3. The summed E-state index contributed by atoms with van der Waals surface area (Å²) in [5, 5.41) is 13.6. The fraction of sp³-hybridized carbons (Fsp3) is 0.406. The number of amides is 1. The maximum absolute atomic E-state index is 15.3. The molecule has 236 valence electrons. The third-order valence-corrected chi connectivity index (χ3v) is 9.53. The first-order valence-corrected chi connectivity index (χ1v) is 15.0. The number of alkyl halides is 3. The van der Waals surface area contributed by atoms with Gasteiger partial charge in [0, 0.05) is 55.7 Å². The predicted molar refractivity (Wildman–Crippen MR) is 157 cm³/mol. The summed E-state index contributed by atoms with van der Waals surface area (Å²) in [5.74, 6) is -3.65. The first-order valence-electron chi connectivity index (χ1n) is 14.6. The average Bonchev–Trinajstić information content (AvgIpc) is 3.56. The standard InChI is InChI=1S/C32H29ClF4N4O4/c1-38-15-17-9-12-40(16-17)28(42)18-5-8-21-25(14-18)41(39-27(21)20-7-6-19(30(44)45)13-24(20)34)29(43)26-22(3-2-4-23(26)33)31(10-11-31)32(35,36)37/h2-4,6-7,13,15,17-18H,5,8-12,14,16H2,1H3,(H,44,45)/b38-15-/t17-,18?/m0/s1. The van der Waals surface area contributed by atoms with Crippen LogP contribution < -0.4 is 0 Å². The number of carbonyl (C=O) groups excluding carboxylic acids is 2. The Hall–Kier alpha value is -4.06. The molecular weight excluding hydrogens is 616 g/mol. The van der Waals surface area contributed by atoms with Crippen molar-refractivity contribution in [3.63, 3.8) is 0 Å². The SMILES string of the molecule is C/N=C\[C@@H]1CCN(C(=O)C2CCc3c(-c4ccc(C(=O)O)cc4F)nn(C(=O)c4c(Cl)cccc4C4(C(F)(F)F)CC4)c3C2)C1. The summed E-state index contributed by atoms with van der Waals surface area (Å²) in [4.78, 5) is 45.1. The van der Waals surface area contributed by atoms with Crippen molar-refractivity contribution in [3.05, 3.63) is 75.2 Å². The molecule has 0 bridgehead atoms. The van der Waals surface area contributed by atoms with Crippen LogP contribution in [0.3, 0.4) is 0 Å². The van der Waals surface area contributed by atoms with Crippen molar-refractivity contribution < 1.29 is 37.1 Å². The molecule has 2 aliphatic carbocycles. The van der Waals surface area contributed by atoms with Gasteiger partial charge in [-0.05, 0) is 61.9 Å². The van der Waals surface area contributed by atoms with Crippen molar-refractivity contribution in [3.8, 4) is 11.3 Å². The lowest BCUT2D eigenvalue weighted by Crippen LogP contribution is -2.38. The zero-order chi connectivity index (χ0) is 32.3. The molecule has 2 aromatic carbocycles. The number of carboxylic acid groups (broad SMARTS) is 1. The third-order valence-electron chi connectivity index (χ3n) is 9.22. The van der Waals surface area contributed by atoms with E-state index in [1.165, 1.54) is 30.3 Å². The summed E-state index contributed by atoms with van der Waals surface area (Å²) in [7, 11) is 1.67. The van der Waals surface area contributed by atoms with Crippen molar-refractivity contribution in [1.29, 1.82) is 0 Å². The monoisotopic (exact) mass is 644 g/mol. The normalized spacial score (nSPS) is 20.8. The van der Waals surface area contributed by atoms with Crippen molar-refractivity contribution in [1.82, 2.24) is 14.7 Å². The fourth-order valence-electron chi connectivity index (χ4n) is 6.70. The molecule has 2 atom stereocenters. The Balaban J connectivity index is 1.45. The number of benzene rings is 2. The number of hydrogen-bond donors (Lipinski definition) is 1. The number of aromatic carboxylic acids is 1. The van der Waals surface area contributed by atoms with Crippen LogP contribution in [0.15, 0.2) is 41.4 Å². The van der Waals surface area contributed by atoms with E-state index in [9.17, 15) is 32.7 Å². The second-order valence-electron chi connectivity index (χ2n) is 11.9. The predicted octanol–water partition coefficient (Wildman–Crippen LogP) is 5.98. The summed E-state index contributed by atoms with van der Waals surface area (Å²) in [6.07, 6.45) is -1.77. The van der Waals surface area contributed by atoms with E-state index in [2.05, 4.69) is 10.1 Å². The van der Waals surface area contributed by atoms with Gasteiger partial charge in [0.05, 0.1) is 33.0 Å². The number of halogens is 5. The van der Waals surface area contributed by atoms with E-state index in [0.717, 1.165) is 17.2 Å². The number of hydrogen-bond acceptors (Lipinski definition) is 5. The lowest BCUT2D eigenvalue weighted by molar-refractivity contribution is -0.160. The van der Waals surface area contributed by atoms with Gasteiger partial charge < -0.3 is 15.0 Å². The number of carboxylic acids is 1. The van der Waals surface area contributed by atoms with Crippen LogP contribution in [0.4, 0.5) is 17.6 Å². The Morgan fingerprint density at radius 1 is 1.16 bits per heavy atom.